The van der Waals surface area contributed by atoms with E-state index in [9.17, 15) is 14.0 Å². The number of rotatable bonds is 4. The highest BCUT2D eigenvalue weighted by molar-refractivity contribution is 6.10. The Balaban J connectivity index is 2.28. The summed E-state index contributed by atoms with van der Waals surface area (Å²) in [6.45, 7) is 1.20. The molecule has 0 bridgehead atoms. The van der Waals surface area contributed by atoms with Gasteiger partial charge in [-0.15, -0.1) is 0 Å². The van der Waals surface area contributed by atoms with Gasteiger partial charge in [-0.2, -0.15) is 0 Å². The maximum Gasteiger partial charge on any atom is 0.327 e. The van der Waals surface area contributed by atoms with Crippen LogP contribution in [0.15, 0.2) is 24.3 Å². The molecule has 0 unspecified atom stereocenters. The Morgan fingerprint density at radius 1 is 1.42 bits per heavy atom. The molecule has 0 radical (unpaired) electrons. The van der Waals surface area contributed by atoms with E-state index in [1.165, 1.54) is 14.0 Å². The summed E-state index contributed by atoms with van der Waals surface area (Å²) in [5.41, 5.74) is 0.426. The lowest BCUT2D eigenvalue weighted by atomic mass is 9.83. The van der Waals surface area contributed by atoms with Crippen molar-refractivity contribution in [3.8, 4) is 5.75 Å². The Morgan fingerprint density at radius 2 is 2.00 bits per heavy atom. The van der Waals surface area contributed by atoms with Gasteiger partial charge in [0.05, 0.1) is 7.11 Å². The Morgan fingerprint density at radius 3 is 2.42 bits per heavy atom. The topological polar surface area (TPSA) is 66.8 Å². The molecular weight excluding hydrogens is 253 g/mol. The largest absolute Gasteiger partial charge is 0.497 e. The lowest BCUT2D eigenvalue weighted by molar-refractivity contribution is -0.151. The smallest absolute Gasteiger partial charge is 0.327 e. The number of methoxy groups -OCH3 is 1. The maximum absolute atomic E-state index is 13.3. The second-order valence-corrected chi connectivity index (χ2v) is 4.39. The molecule has 0 aromatic heterocycles. The molecule has 0 aliphatic carbocycles. The van der Waals surface area contributed by atoms with Crippen LogP contribution in [0, 0.1) is 5.92 Å². The summed E-state index contributed by atoms with van der Waals surface area (Å²) in [6.07, 6.45) is -1.48. The van der Waals surface area contributed by atoms with E-state index >= 15 is 0 Å². The quantitative estimate of drug-likeness (QED) is 0.839. The van der Waals surface area contributed by atoms with Gasteiger partial charge in [0.1, 0.15) is 23.9 Å². The third kappa shape index (κ3) is 2.14. The van der Waals surface area contributed by atoms with Crippen molar-refractivity contribution >= 4 is 17.6 Å². The molecule has 3 atom stereocenters. The molecule has 2 rings (SSSR count). The number of carboxylic acid groups (broad SMARTS) is 1. The second kappa shape index (κ2) is 4.87. The fraction of sp³-hybridized carbons (Fsp3) is 0.385. The van der Waals surface area contributed by atoms with Gasteiger partial charge in [0.15, 0.2) is 0 Å². The molecule has 19 heavy (non-hydrogen) atoms. The first-order valence-corrected chi connectivity index (χ1v) is 5.81. The minimum absolute atomic E-state index is 0.426. The molecule has 1 aromatic rings. The van der Waals surface area contributed by atoms with Gasteiger partial charge in [-0.05, 0) is 31.2 Å². The highest BCUT2D eigenvalue weighted by Gasteiger charge is 2.55. The van der Waals surface area contributed by atoms with E-state index in [2.05, 4.69) is 0 Å². The maximum atomic E-state index is 13.3. The molecule has 1 aliphatic heterocycles. The summed E-state index contributed by atoms with van der Waals surface area (Å²) in [5, 5.41) is 9.12. The molecule has 1 saturated heterocycles. The number of carbonyl (C=O) groups excluding carboxylic acids is 1. The van der Waals surface area contributed by atoms with Crippen molar-refractivity contribution < 1.29 is 23.8 Å². The number of carboxylic acids is 1. The zero-order valence-electron chi connectivity index (χ0n) is 10.5. The number of hydrogen-bond donors (Lipinski definition) is 1. The van der Waals surface area contributed by atoms with E-state index in [4.69, 9.17) is 9.84 Å². The summed E-state index contributed by atoms with van der Waals surface area (Å²) in [5.74, 6) is -2.23. The van der Waals surface area contributed by atoms with Crippen LogP contribution >= 0.6 is 0 Å². The number of hydrogen-bond acceptors (Lipinski definition) is 3. The fourth-order valence-corrected chi connectivity index (χ4v) is 2.25. The second-order valence-electron chi connectivity index (χ2n) is 4.39. The molecule has 1 fully saturated rings. The van der Waals surface area contributed by atoms with Crippen molar-refractivity contribution in [2.24, 2.45) is 5.92 Å². The highest BCUT2D eigenvalue weighted by atomic mass is 19.1. The summed E-state index contributed by atoms with van der Waals surface area (Å²) in [4.78, 5) is 24.1. The Hall–Kier alpha value is -2.11. The molecule has 5 nitrogen and oxygen atoms in total. The van der Waals surface area contributed by atoms with Crippen LogP contribution in [0.1, 0.15) is 6.92 Å². The predicted octanol–water partition coefficient (Wildman–Crippen LogP) is 1.47. The minimum Gasteiger partial charge on any atom is -0.497 e. The van der Waals surface area contributed by atoms with Crippen molar-refractivity contribution in [1.82, 2.24) is 0 Å². The molecule has 102 valence electrons. The molecule has 1 amide bonds. The number of amides is 1. The first-order chi connectivity index (χ1) is 8.97. The predicted molar refractivity (Wildman–Crippen MR) is 66.0 cm³/mol. The standard InChI is InChI=1S/C13H14FNO4/c1-7(14)10-11(13(17)18)15(12(10)16)8-3-5-9(19-2)6-4-8/h3-7,10-11H,1-2H3,(H,17,18)/t7-,10-,11+/m1/s1. The van der Waals surface area contributed by atoms with E-state index < -0.39 is 30.0 Å². The number of benzene rings is 1. The molecule has 1 heterocycles. The first-order valence-electron chi connectivity index (χ1n) is 5.81. The number of ether oxygens (including phenoxy) is 1. The van der Waals surface area contributed by atoms with Crippen molar-refractivity contribution in [2.45, 2.75) is 19.1 Å². The summed E-state index contributed by atoms with van der Waals surface area (Å²) in [7, 11) is 1.50. The fourth-order valence-electron chi connectivity index (χ4n) is 2.25. The minimum atomic E-state index is -1.48. The lowest BCUT2D eigenvalue weighted by Crippen LogP contribution is -2.67. The molecule has 0 saturated carbocycles. The molecular formula is C13H14FNO4. The van der Waals surface area contributed by atoms with Crippen LogP contribution < -0.4 is 9.64 Å². The Kier molecular flexibility index (Phi) is 3.42. The zero-order valence-corrected chi connectivity index (χ0v) is 10.5. The van der Waals surface area contributed by atoms with Gasteiger partial charge in [-0.1, -0.05) is 0 Å². The third-order valence-electron chi connectivity index (χ3n) is 3.24. The summed E-state index contributed by atoms with van der Waals surface area (Å²) in [6, 6.07) is 5.24. The number of alkyl halides is 1. The van der Waals surface area contributed by atoms with Crippen LogP contribution in [0.25, 0.3) is 0 Å². The zero-order chi connectivity index (χ0) is 14.2. The van der Waals surface area contributed by atoms with Gasteiger partial charge >= 0.3 is 5.97 Å². The molecule has 0 spiro atoms. The molecule has 6 heteroatoms. The van der Waals surface area contributed by atoms with Crippen molar-refractivity contribution in [3.05, 3.63) is 24.3 Å². The number of carbonyl (C=O) groups is 2. The molecule has 1 aromatic carbocycles. The lowest BCUT2D eigenvalue weighted by Gasteiger charge is -2.45. The number of β-lactam (4-membered cyclic amide) rings is 1. The van der Waals surface area contributed by atoms with E-state index in [0.29, 0.717) is 11.4 Å². The van der Waals surface area contributed by atoms with Gasteiger partial charge in [0.2, 0.25) is 5.91 Å². The number of nitrogens with zero attached hydrogens (tertiary/aromatic N) is 1. The number of aliphatic carboxylic acids is 1. The van der Waals surface area contributed by atoms with Crippen LogP contribution in [0.4, 0.5) is 10.1 Å². The first kappa shape index (κ1) is 13.3. The SMILES string of the molecule is COc1ccc(N2C(=O)[C@H]([C@@H](C)F)[C@H]2C(=O)O)cc1. The Labute approximate surface area is 109 Å². The van der Waals surface area contributed by atoms with Crippen LogP contribution in [0.5, 0.6) is 5.75 Å². The number of halogens is 1. The summed E-state index contributed by atoms with van der Waals surface area (Å²) >= 11 is 0. The van der Waals surface area contributed by atoms with Gasteiger partial charge in [0.25, 0.3) is 0 Å². The van der Waals surface area contributed by atoms with Gasteiger partial charge in [-0.3, -0.25) is 9.69 Å². The van der Waals surface area contributed by atoms with Crippen LogP contribution in [0.2, 0.25) is 0 Å². The van der Waals surface area contributed by atoms with Crippen LogP contribution in [-0.4, -0.2) is 36.3 Å². The average Bonchev–Trinajstić information content (AvgIpc) is 2.35. The van der Waals surface area contributed by atoms with E-state index in [1.54, 1.807) is 24.3 Å². The van der Waals surface area contributed by atoms with Gasteiger partial charge < -0.3 is 9.84 Å². The highest BCUT2D eigenvalue weighted by Crippen LogP contribution is 2.36. The van der Waals surface area contributed by atoms with Gasteiger partial charge in [-0.25, -0.2) is 9.18 Å². The van der Waals surface area contributed by atoms with Crippen LogP contribution in [0.3, 0.4) is 0 Å². The molecule has 1 aliphatic rings. The van der Waals surface area contributed by atoms with Crippen molar-refractivity contribution in [3.63, 3.8) is 0 Å². The normalized spacial score (nSPS) is 23.7. The van der Waals surface area contributed by atoms with Crippen molar-refractivity contribution in [2.75, 3.05) is 12.0 Å². The Bertz CT molecular complexity index is 500. The average molecular weight is 267 g/mol. The van der Waals surface area contributed by atoms with Crippen LogP contribution in [-0.2, 0) is 9.59 Å². The van der Waals surface area contributed by atoms with E-state index in [1.807, 2.05) is 0 Å². The van der Waals surface area contributed by atoms with Crippen molar-refractivity contribution in [1.29, 1.82) is 0 Å². The van der Waals surface area contributed by atoms with E-state index in [0.717, 1.165) is 4.90 Å². The third-order valence-corrected chi connectivity index (χ3v) is 3.24. The van der Waals surface area contributed by atoms with E-state index in [-0.39, 0.29) is 0 Å². The number of anilines is 1. The molecule has 1 N–H and O–H groups in total. The summed E-state index contributed by atoms with van der Waals surface area (Å²) < 4.78 is 18.3. The monoisotopic (exact) mass is 267 g/mol. The van der Waals surface area contributed by atoms with Gasteiger partial charge in [0, 0.05) is 5.69 Å².